The van der Waals surface area contributed by atoms with Crippen molar-refractivity contribution < 1.29 is 24.0 Å². The molecule has 1 aliphatic rings. The van der Waals surface area contributed by atoms with Crippen LogP contribution in [-0.2, 0) is 19.2 Å². The highest BCUT2D eigenvalue weighted by Gasteiger charge is 2.35. The summed E-state index contributed by atoms with van der Waals surface area (Å²) in [5, 5.41) is 0. The van der Waals surface area contributed by atoms with E-state index in [1.54, 1.807) is 0 Å². The Balaban J connectivity index is 2.83. The van der Waals surface area contributed by atoms with Gasteiger partial charge in [-0.2, -0.15) is 0 Å². The highest BCUT2D eigenvalue weighted by molar-refractivity contribution is 5.61. The maximum atomic E-state index is 11.5. The van der Waals surface area contributed by atoms with E-state index in [0.29, 0.717) is 12.8 Å². The first-order valence-electron chi connectivity index (χ1n) is 7.76. The van der Waals surface area contributed by atoms with E-state index in [9.17, 15) is 4.79 Å². The Morgan fingerprint density at radius 2 is 1.59 bits per heavy atom. The second-order valence-electron chi connectivity index (χ2n) is 7.15. The third-order valence-corrected chi connectivity index (χ3v) is 3.20. The SMILES string of the molecule is COC(=O)OC1(C#CC(C)(C)OOC(C)(C)C)CCCCC1. The molecule has 22 heavy (non-hydrogen) atoms. The van der Waals surface area contributed by atoms with E-state index in [-0.39, 0.29) is 0 Å². The summed E-state index contributed by atoms with van der Waals surface area (Å²) in [6, 6.07) is 0. The lowest BCUT2D eigenvalue weighted by atomic mass is 9.84. The molecule has 0 amide bonds. The molecule has 0 atom stereocenters. The highest BCUT2D eigenvalue weighted by Crippen LogP contribution is 2.32. The van der Waals surface area contributed by atoms with E-state index >= 15 is 0 Å². The number of hydrogen-bond donors (Lipinski definition) is 0. The van der Waals surface area contributed by atoms with Gasteiger partial charge in [0.05, 0.1) is 12.7 Å². The fourth-order valence-corrected chi connectivity index (χ4v) is 2.09. The van der Waals surface area contributed by atoms with Crippen LogP contribution in [0, 0.1) is 11.8 Å². The van der Waals surface area contributed by atoms with E-state index in [1.165, 1.54) is 7.11 Å². The highest BCUT2D eigenvalue weighted by atomic mass is 17.2. The lowest BCUT2D eigenvalue weighted by Crippen LogP contribution is -2.37. The van der Waals surface area contributed by atoms with Crippen LogP contribution in [0.1, 0.15) is 66.7 Å². The van der Waals surface area contributed by atoms with Gasteiger partial charge < -0.3 is 9.47 Å². The van der Waals surface area contributed by atoms with E-state index in [2.05, 4.69) is 16.6 Å². The van der Waals surface area contributed by atoms with Gasteiger partial charge in [-0.1, -0.05) is 18.3 Å². The standard InChI is InChI=1S/C17H28O5/c1-15(2,3)21-22-16(4,5)12-13-17(20-14(18)19-6)10-8-7-9-11-17/h7-11H2,1-6H3. The van der Waals surface area contributed by atoms with Crippen LogP contribution in [0.15, 0.2) is 0 Å². The largest absolute Gasteiger partial charge is 0.509 e. The summed E-state index contributed by atoms with van der Waals surface area (Å²) in [5.41, 5.74) is -1.99. The molecule has 1 rings (SSSR count). The second kappa shape index (κ2) is 7.34. The van der Waals surface area contributed by atoms with Crippen LogP contribution < -0.4 is 0 Å². The van der Waals surface area contributed by atoms with E-state index in [0.717, 1.165) is 19.3 Å². The Morgan fingerprint density at radius 3 is 2.09 bits per heavy atom. The van der Waals surface area contributed by atoms with Crippen molar-refractivity contribution in [1.29, 1.82) is 0 Å². The fourth-order valence-electron chi connectivity index (χ4n) is 2.09. The monoisotopic (exact) mass is 312 g/mol. The van der Waals surface area contributed by atoms with Crippen LogP contribution in [0.2, 0.25) is 0 Å². The Bertz CT molecular complexity index is 430. The zero-order valence-electron chi connectivity index (χ0n) is 14.6. The van der Waals surface area contributed by atoms with E-state index < -0.39 is 23.0 Å². The molecule has 126 valence electrons. The van der Waals surface area contributed by atoms with Crippen molar-refractivity contribution in [3.63, 3.8) is 0 Å². The Morgan fingerprint density at radius 1 is 1.00 bits per heavy atom. The fraction of sp³-hybridized carbons (Fsp3) is 0.824. The normalized spacial score (nSPS) is 18.1. The van der Waals surface area contributed by atoms with Gasteiger partial charge in [0.2, 0.25) is 0 Å². The molecule has 0 spiro atoms. The Labute approximate surface area is 133 Å². The molecule has 0 aromatic rings. The van der Waals surface area contributed by atoms with Gasteiger partial charge in [0.15, 0.2) is 11.2 Å². The van der Waals surface area contributed by atoms with Crippen molar-refractivity contribution in [3.05, 3.63) is 0 Å². The van der Waals surface area contributed by atoms with Gasteiger partial charge in [0.25, 0.3) is 0 Å². The van der Waals surface area contributed by atoms with Crippen LogP contribution in [0.4, 0.5) is 4.79 Å². The molecule has 1 aliphatic carbocycles. The van der Waals surface area contributed by atoms with Crippen molar-refractivity contribution in [3.8, 4) is 11.8 Å². The van der Waals surface area contributed by atoms with Gasteiger partial charge in [-0.05, 0) is 60.3 Å². The number of hydrogen-bond acceptors (Lipinski definition) is 5. The van der Waals surface area contributed by atoms with Gasteiger partial charge in [-0.3, -0.25) is 0 Å². The molecule has 0 aromatic heterocycles. The quantitative estimate of drug-likeness (QED) is 0.341. The van der Waals surface area contributed by atoms with Gasteiger partial charge >= 0.3 is 6.16 Å². The number of ether oxygens (including phenoxy) is 2. The molecule has 0 unspecified atom stereocenters. The minimum absolute atomic E-state index is 0.413. The third kappa shape index (κ3) is 6.67. The van der Waals surface area contributed by atoms with Crippen LogP contribution in [0.5, 0.6) is 0 Å². The van der Waals surface area contributed by atoms with Gasteiger partial charge in [0.1, 0.15) is 0 Å². The summed E-state index contributed by atoms with van der Waals surface area (Å²) in [4.78, 5) is 22.2. The van der Waals surface area contributed by atoms with E-state index in [4.69, 9.17) is 14.5 Å². The maximum absolute atomic E-state index is 11.5. The van der Waals surface area contributed by atoms with Crippen LogP contribution in [-0.4, -0.2) is 30.1 Å². The lowest BCUT2D eigenvalue weighted by Gasteiger charge is -2.32. The number of methoxy groups -OCH3 is 1. The zero-order chi connectivity index (χ0) is 16.9. The second-order valence-corrected chi connectivity index (χ2v) is 7.15. The predicted molar refractivity (Wildman–Crippen MR) is 83.1 cm³/mol. The van der Waals surface area contributed by atoms with Crippen molar-refractivity contribution >= 4 is 6.16 Å². The molecule has 0 heterocycles. The number of rotatable bonds is 3. The summed E-state index contributed by atoms with van der Waals surface area (Å²) >= 11 is 0. The molecule has 0 N–H and O–H groups in total. The molecular weight excluding hydrogens is 284 g/mol. The van der Waals surface area contributed by atoms with Crippen molar-refractivity contribution in [2.75, 3.05) is 7.11 Å². The summed E-state index contributed by atoms with van der Waals surface area (Å²) in [7, 11) is 1.30. The first kappa shape index (κ1) is 18.8. The predicted octanol–water partition coefficient (Wildman–Crippen LogP) is 4.00. The van der Waals surface area contributed by atoms with Crippen LogP contribution in [0.25, 0.3) is 0 Å². The third-order valence-electron chi connectivity index (χ3n) is 3.20. The molecule has 0 radical (unpaired) electrons. The number of carbonyl (C=O) groups is 1. The first-order valence-corrected chi connectivity index (χ1v) is 7.76. The first-order chi connectivity index (χ1) is 10.1. The van der Waals surface area contributed by atoms with Crippen LogP contribution >= 0.6 is 0 Å². The Hall–Kier alpha value is -1.25. The molecule has 0 aromatic carbocycles. The molecule has 0 bridgehead atoms. The molecule has 5 nitrogen and oxygen atoms in total. The van der Waals surface area contributed by atoms with Gasteiger partial charge in [-0.15, -0.1) is 0 Å². The molecular formula is C17H28O5. The lowest BCUT2D eigenvalue weighted by molar-refractivity contribution is -0.384. The summed E-state index contributed by atoms with van der Waals surface area (Å²) < 4.78 is 10.1. The maximum Gasteiger partial charge on any atom is 0.509 e. The Kier molecular flexibility index (Phi) is 6.27. The van der Waals surface area contributed by atoms with Crippen LogP contribution in [0.3, 0.4) is 0 Å². The average Bonchev–Trinajstić information content (AvgIpc) is 2.44. The van der Waals surface area contributed by atoms with E-state index in [1.807, 2.05) is 34.6 Å². The van der Waals surface area contributed by atoms with Gasteiger partial charge in [-0.25, -0.2) is 14.6 Å². The minimum atomic E-state index is -0.794. The summed E-state index contributed by atoms with van der Waals surface area (Å²) in [6.45, 7) is 9.35. The molecule has 0 saturated heterocycles. The zero-order valence-corrected chi connectivity index (χ0v) is 14.6. The molecule has 1 fully saturated rings. The molecule has 1 saturated carbocycles. The van der Waals surface area contributed by atoms with Crippen molar-refractivity contribution in [1.82, 2.24) is 0 Å². The molecule has 5 heteroatoms. The molecule has 0 aliphatic heterocycles. The van der Waals surface area contributed by atoms with Gasteiger partial charge in [0, 0.05) is 0 Å². The number of carbonyl (C=O) groups excluding carboxylic acids is 1. The van der Waals surface area contributed by atoms with Crippen molar-refractivity contribution in [2.24, 2.45) is 0 Å². The smallest absolute Gasteiger partial charge is 0.438 e. The summed E-state index contributed by atoms with van der Waals surface area (Å²) in [6.07, 6.45) is 3.81. The topological polar surface area (TPSA) is 54.0 Å². The minimum Gasteiger partial charge on any atom is -0.438 e. The summed E-state index contributed by atoms with van der Waals surface area (Å²) in [5.74, 6) is 6.14. The average molecular weight is 312 g/mol. The van der Waals surface area contributed by atoms with Crippen molar-refractivity contribution in [2.45, 2.75) is 83.5 Å².